The minimum absolute atomic E-state index is 0.0537. The maximum Gasteiger partial charge on any atom is 0.322 e. The smallest absolute Gasteiger partial charge is 0.322 e. The van der Waals surface area contributed by atoms with Crippen LogP contribution in [0.1, 0.15) is 29.9 Å². The molecular formula is C25H27F2N3O2S. The number of urea groups is 1. The van der Waals surface area contributed by atoms with Crippen molar-refractivity contribution >= 4 is 29.0 Å². The molecule has 5 nitrogen and oxygen atoms in total. The number of amides is 3. The summed E-state index contributed by atoms with van der Waals surface area (Å²) >= 11 is 1.55. The molecule has 0 fully saturated rings. The minimum Gasteiger partial charge on any atom is -0.332 e. The molecule has 1 heterocycles. The van der Waals surface area contributed by atoms with Crippen molar-refractivity contribution in [3.8, 4) is 0 Å². The fraction of sp³-hybridized carbons (Fsp3) is 0.280. The predicted octanol–water partition coefficient (Wildman–Crippen LogP) is 5.81. The van der Waals surface area contributed by atoms with Crippen LogP contribution < -0.4 is 5.32 Å². The van der Waals surface area contributed by atoms with Crippen molar-refractivity contribution < 1.29 is 18.4 Å². The molecule has 0 saturated carbocycles. The molecule has 0 spiro atoms. The molecule has 8 heteroatoms. The predicted molar refractivity (Wildman–Crippen MR) is 127 cm³/mol. The lowest BCUT2D eigenvalue weighted by atomic mass is 10.2. The van der Waals surface area contributed by atoms with E-state index < -0.39 is 11.8 Å². The first kappa shape index (κ1) is 24.4. The van der Waals surface area contributed by atoms with Crippen LogP contribution in [0.5, 0.6) is 0 Å². The molecule has 33 heavy (non-hydrogen) atoms. The molecule has 0 unspecified atom stereocenters. The fourth-order valence-electron chi connectivity index (χ4n) is 3.27. The van der Waals surface area contributed by atoms with Crippen LogP contribution in [0.2, 0.25) is 0 Å². The van der Waals surface area contributed by atoms with Crippen molar-refractivity contribution in [2.24, 2.45) is 0 Å². The number of nitrogens with zero attached hydrogens (tertiary/aromatic N) is 2. The summed E-state index contributed by atoms with van der Waals surface area (Å²) in [5.74, 6) is -1.15. The Balaban J connectivity index is 1.78. The highest BCUT2D eigenvalue weighted by atomic mass is 32.1. The lowest BCUT2D eigenvalue weighted by Gasteiger charge is -2.30. The van der Waals surface area contributed by atoms with E-state index in [1.54, 1.807) is 48.3 Å². The summed E-state index contributed by atoms with van der Waals surface area (Å²) in [6.07, 6.45) is 0. The Hall–Kier alpha value is -3.26. The van der Waals surface area contributed by atoms with Gasteiger partial charge in [0.15, 0.2) is 0 Å². The van der Waals surface area contributed by atoms with Gasteiger partial charge in [0, 0.05) is 17.5 Å². The number of carbonyl (C=O) groups excluding carboxylic acids is 2. The molecule has 0 aliphatic heterocycles. The summed E-state index contributed by atoms with van der Waals surface area (Å²) < 4.78 is 27.3. The number of nitrogens with one attached hydrogen (secondary N) is 1. The van der Waals surface area contributed by atoms with E-state index in [1.807, 2.05) is 18.4 Å². The average Bonchev–Trinajstić information content (AvgIpc) is 3.18. The number of halogens is 2. The van der Waals surface area contributed by atoms with Gasteiger partial charge in [-0.2, -0.15) is 0 Å². The molecule has 1 aromatic heterocycles. The maximum absolute atomic E-state index is 14.0. The molecule has 2 aromatic carbocycles. The van der Waals surface area contributed by atoms with Crippen molar-refractivity contribution in [3.63, 3.8) is 0 Å². The van der Waals surface area contributed by atoms with Crippen LogP contribution in [0, 0.1) is 18.6 Å². The monoisotopic (exact) mass is 471 g/mol. The molecule has 3 rings (SSSR count). The van der Waals surface area contributed by atoms with Crippen molar-refractivity contribution in [1.29, 1.82) is 0 Å². The second-order valence-electron chi connectivity index (χ2n) is 8.03. The summed E-state index contributed by atoms with van der Waals surface area (Å²) in [5.41, 5.74) is 1.92. The number of aryl methyl sites for hydroxylation is 1. The van der Waals surface area contributed by atoms with Crippen molar-refractivity contribution in [2.75, 3.05) is 11.9 Å². The van der Waals surface area contributed by atoms with E-state index in [1.165, 1.54) is 35.2 Å². The lowest BCUT2D eigenvalue weighted by Crippen LogP contribution is -2.47. The quantitative estimate of drug-likeness (QED) is 0.451. The van der Waals surface area contributed by atoms with Gasteiger partial charge in [-0.3, -0.25) is 4.79 Å². The molecule has 0 aliphatic carbocycles. The van der Waals surface area contributed by atoms with Crippen LogP contribution in [-0.2, 0) is 17.9 Å². The minimum atomic E-state index is -0.558. The SMILES string of the molecule is Cc1ccsc1CN(Cc1ccc(F)cc1)C(=O)CN(C(=O)Nc1ccccc1F)C(C)C. The molecule has 0 bridgehead atoms. The molecule has 174 valence electrons. The third-order valence-corrected chi connectivity index (χ3v) is 6.26. The molecule has 3 aromatic rings. The van der Waals surface area contributed by atoms with Crippen LogP contribution in [0.25, 0.3) is 0 Å². The lowest BCUT2D eigenvalue weighted by molar-refractivity contribution is -0.133. The van der Waals surface area contributed by atoms with Crippen LogP contribution >= 0.6 is 11.3 Å². The second kappa shape index (κ2) is 11.0. The van der Waals surface area contributed by atoms with Crippen molar-refractivity contribution in [1.82, 2.24) is 9.80 Å². The van der Waals surface area contributed by atoms with Gasteiger partial charge in [0.2, 0.25) is 5.91 Å². The van der Waals surface area contributed by atoms with E-state index in [9.17, 15) is 18.4 Å². The molecule has 1 N–H and O–H groups in total. The summed E-state index contributed by atoms with van der Waals surface area (Å²) in [4.78, 5) is 30.3. The highest BCUT2D eigenvalue weighted by Gasteiger charge is 2.25. The maximum atomic E-state index is 14.0. The number of rotatable bonds is 8. The van der Waals surface area contributed by atoms with E-state index in [0.717, 1.165) is 16.0 Å². The van der Waals surface area contributed by atoms with Gasteiger partial charge in [-0.05, 0) is 67.6 Å². The Morgan fingerprint density at radius 2 is 1.70 bits per heavy atom. The van der Waals surface area contributed by atoms with Gasteiger partial charge >= 0.3 is 6.03 Å². The van der Waals surface area contributed by atoms with E-state index in [4.69, 9.17) is 0 Å². The topological polar surface area (TPSA) is 52.7 Å². The second-order valence-corrected chi connectivity index (χ2v) is 9.04. The van der Waals surface area contributed by atoms with Crippen LogP contribution in [-0.4, -0.2) is 34.3 Å². The zero-order valence-electron chi connectivity index (χ0n) is 18.8. The molecule has 3 amide bonds. The normalized spacial score (nSPS) is 10.8. The summed E-state index contributed by atoms with van der Waals surface area (Å²) in [7, 11) is 0. The number of anilines is 1. The first-order valence-corrected chi connectivity index (χ1v) is 11.5. The number of hydrogen-bond acceptors (Lipinski definition) is 3. The van der Waals surface area contributed by atoms with Gasteiger partial charge in [-0.25, -0.2) is 13.6 Å². The number of benzene rings is 2. The zero-order valence-corrected chi connectivity index (χ0v) is 19.7. The van der Waals surface area contributed by atoms with Crippen LogP contribution in [0.15, 0.2) is 60.0 Å². The van der Waals surface area contributed by atoms with Gasteiger partial charge in [-0.1, -0.05) is 24.3 Å². The Morgan fingerprint density at radius 1 is 1.00 bits per heavy atom. The highest BCUT2D eigenvalue weighted by molar-refractivity contribution is 7.10. The van der Waals surface area contributed by atoms with Crippen molar-refractivity contribution in [3.05, 3.63) is 87.6 Å². The van der Waals surface area contributed by atoms with Crippen LogP contribution in [0.4, 0.5) is 19.3 Å². The third-order valence-electron chi connectivity index (χ3n) is 5.25. The van der Waals surface area contributed by atoms with Crippen LogP contribution in [0.3, 0.4) is 0 Å². The largest absolute Gasteiger partial charge is 0.332 e. The van der Waals surface area contributed by atoms with Gasteiger partial charge in [0.05, 0.1) is 12.2 Å². The van der Waals surface area contributed by atoms with Gasteiger partial charge in [0.25, 0.3) is 0 Å². The first-order valence-electron chi connectivity index (χ1n) is 10.6. The number of carbonyl (C=O) groups is 2. The van der Waals surface area contributed by atoms with Crippen molar-refractivity contribution in [2.45, 2.75) is 39.9 Å². The van der Waals surface area contributed by atoms with E-state index in [2.05, 4.69) is 5.32 Å². The standard InChI is InChI=1S/C25H27F2N3O2S/c1-17(2)30(25(32)28-22-7-5-4-6-21(22)27)16-24(31)29(15-23-18(3)12-13-33-23)14-19-8-10-20(26)11-9-19/h4-13,17H,14-16H2,1-3H3,(H,28,32). The molecule has 0 saturated heterocycles. The molecule has 0 aliphatic rings. The summed E-state index contributed by atoms with van der Waals surface area (Å²) in [5, 5.41) is 4.51. The molecule has 0 atom stereocenters. The third kappa shape index (κ3) is 6.61. The number of hydrogen-bond donors (Lipinski definition) is 1. The number of thiophene rings is 1. The van der Waals surface area contributed by atoms with E-state index >= 15 is 0 Å². The first-order chi connectivity index (χ1) is 15.7. The van der Waals surface area contributed by atoms with Gasteiger partial charge in [-0.15, -0.1) is 11.3 Å². The van der Waals surface area contributed by atoms with E-state index in [0.29, 0.717) is 6.54 Å². The average molecular weight is 472 g/mol. The Kier molecular flexibility index (Phi) is 8.16. The number of para-hydroxylation sites is 1. The van der Waals surface area contributed by atoms with Gasteiger partial charge < -0.3 is 15.1 Å². The van der Waals surface area contributed by atoms with Gasteiger partial charge in [0.1, 0.15) is 18.2 Å². The Labute approximate surface area is 196 Å². The fourth-order valence-corrected chi connectivity index (χ4v) is 4.19. The Morgan fingerprint density at radius 3 is 2.30 bits per heavy atom. The highest BCUT2D eigenvalue weighted by Crippen LogP contribution is 2.20. The summed E-state index contributed by atoms with van der Waals surface area (Å²) in [6, 6.07) is 13.0. The summed E-state index contributed by atoms with van der Waals surface area (Å²) in [6.45, 7) is 6.04. The Bertz CT molecular complexity index is 1100. The zero-order chi connectivity index (χ0) is 24.0. The van der Waals surface area contributed by atoms with E-state index in [-0.39, 0.29) is 36.5 Å². The molecular weight excluding hydrogens is 444 g/mol. The molecule has 0 radical (unpaired) electrons.